The van der Waals surface area contributed by atoms with Crippen LogP contribution in [-0.4, -0.2) is 26.9 Å². The Morgan fingerprint density at radius 3 is 2.95 bits per heavy atom. The topological polar surface area (TPSA) is 78.3 Å². The van der Waals surface area contributed by atoms with Crippen molar-refractivity contribution in [3.05, 3.63) is 29.6 Å². The lowest BCUT2D eigenvalue weighted by Gasteiger charge is -2.01. The van der Waals surface area contributed by atoms with Gasteiger partial charge in [-0.25, -0.2) is 0 Å². The number of fused-ring (bicyclic) bond motifs is 1. The smallest absolute Gasteiger partial charge is 0.235 e. The van der Waals surface area contributed by atoms with Gasteiger partial charge >= 0.3 is 0 Å². The maximum Gasteiger partial charge on any atom is 0.235 e. The van der Waals surface area contributed by atoms with Gasteiger partial charge in [-0.1, -0.05) is 23.5 Å². The molecule has 7 heteroatoms. The van der Waals surface area contributed by atoms with Gasteiger partial charge in [0.2, 0.25) is 4.96 Å². The first-order chi connectivity index (χ1) is 9.19. The molecule has 0 bridgehead atoms. The summed E-state index contributed by atoms with van der Waals surface area (Å²) in [6.45, 7) is 2.37. The third kappa shape index (κ3) is 2.06. The molecule has 0 saturated heterocycles. The van der Waals surface area contributed by atoms with Gasteiger partial charge in [0.05, 0.1) is 0 Å². The van der Waals surface area contributed by atoms with Gasteiger partial charge in [0.25, 0.3) is 0 Å². The van der Waals surface area contributed by atoms with Crippen molar-refractivity contribution >= 4 is 22.0 Å². The highest BCUT2D eigenvalue weighted by atomic mass is 32.1. The number of ether oxygens (including phenoxy) is 1. The zero-order chi connectivity index (χ0) is 13.4. The molecular formula is C12H13N5OS. The molecule has 0 aliphatic carbocycles. The minimum atomic E-state index is 0.389. The van der Waals surface area contributed by atoms with Crippen molar-refractivity contribution in [1.82, 2.24) is 19.8 Å². The van der Waals surface area contributed by atoms with E-state index in [1.54, 1.807) is 11.6 Å². The Morgan fingerprint density at radius 1 is 1.37 bits per heavy atom. The normalized spacial score (nSPS) is 11.3. The standard InChI is InChI=1S/C12H13N5OS/c1-7-3-4-8(5-9(7)13)11-16-17-10(6-18-2)14-15-12(17)19-11/h3-5H,6,13H2,1-2H3. The fourth-order valence-corrected chi connectivity index (χ4v) is 2.62. The zero-order valence-corrected chi connectivity index (χ0v) is 11.4. The molecule has 1 aromatic carbocycles. The monoisotopic (exact) mass is 275 g/mol. The van der Waals surface area contributed by atoms with Crippen LogP contribution in [0, 0.1) is 6.92 Å². The fraction of sp³-hybridized carbons (Fsp3) is 0.250. The number of nitrogen functional groups attached to an aromatic ring is 1. The number of aryl methyl sites for hydroxylation is 1. The second-order valence-electron chi connectivity index (χ2n) is 4.22. The highest BCUT2D eigenvalue weighted by Crippen LogP contribution is 2.28. The summed E-state index contributed by atoms with van der Waals surface area (Å²) in [7, 11) is 1.62. The van der Waals surface area contributed by atoms with Gasteiger partial charge in [0.1, 0.15) is 11.6 Å². The average molecular weight is 275 g/mol. The third-order valence-electron chi connectivity index (χ3n) is 2.86. The molecule has 3 rings (SSSR count). The molecule has 0 radical (unpaired) electrons. The van der Waals surface area contributed by atoms with Crippen molar-refractivity contribution in [1.29, 1.82) is 0 Å². The summed E-state index contributed by atoms with van der Waals surface area (Å²) < 4.78 is 6.77. The molecular weight excluding hydrogens is 262 g/mol. The third-order valence-corrected chi connectivity index (χ3v) is 3.80. The molecule has 0 spiro atoms. The van der Waals surface area contributed by atoms with Crippen molar-refractivity contribution in [3.63, 3.8) is 0 Å². The summed E-state index contributed by atoms with van der Waals surface area (Å²) >= 11 is 1.48. The zero-order valence-electron chi connectivity index (χ0n) is 10.6. The van der Waals surface area contributed by atoms with Gasteiger partial charge in [-0.2, -0.15) is 9.61 Å². The lowest BCUT2D eigenvalue weighted by atomic mass is 10.1. The van der Waals surface area contributed by atoms with Gasteiger partial charge < -0.3 is 10.5 Å². The largest absolute Gasteiger partial charge is 0.398 e. The van der Waals surface area contributed by atoms with Crippen LogP contribution < -0.4 is 5.73 Å². The summed E-state index contributed by atoms with van der Waals surface area (Å²) in [6.07, 6.45) is 0. The molecule has 0 amide bonds. The molecule has 0 aliphatic heterocycles. The van der Waals surface area contributed by atoms with Crippen LogP contribution in [0.2, 0.25) is 0 Å². The predicted octanol–water partition coefficient (Wildman–Crippen LogP) is 1.89. The van der Waals surface area contributed by atoms with E-state index >= 15 is 0 Å². The Kier molecular flexibility index (Phi) is 2.92. The van der Waals surface area contributed by atoms with E-state index in [2.05, 4.69) is 15.3 Å². The lowest BCUT2D eigenvalue weighted by Crippen LogP contribution is -1.97. The number of nitrogens with zero attached hydrogens (tertiary/aromatic N) is 4. The molecule has 0 unspecified atom stereocenters. The minimum absolute atomic E-state index is 0.389. The van der Waals surface area contributed by atoms with Crippen LogP contribution in [-0.2, 0) is 11.3 Å². The van der Waals surface area contributed by atoms with E-state index in [0.717, 1.165) is 26.8 Å². The number of anilines is 1. The van der Waals surface area contributed by atoms with E-state index in [0.29, 0.717) is 12.4 Å². The van der Waals surface area contributed by atoms with E-state index in [1.165, 1.54) is 11.3 Å². The van der Waals surface area contributed by atoms with Gasteiger partial charge in [0, 0.05) is 18.4 Å². The Balaban J connectivity index is 2.07. The van der Waals surface area contributed by atoms with E-state index < -0.39 is 0 Å². The molecule has 19 heavy (non-hydrogen) atoms. The van der Waals surface area contributed by atoms with Crippen molar-refractivity contribution in [3.8, 4) is 10.6 Å². The van der Waals surface area contributed by atoms with Crippen LogP contribution in [0.5, 0.6) is 0 Å². The molecule has 0 fully saturated rings. The van der Waals surface area contributed by atoms with Crippen LogP contribution in [0.1, 0.15) is 11.4 Å². The molecule has 6 nitrogen and oxygen atoms in total. The van der Waals surface area contributed by atoms with E-state index in [4.69, 9.17) is 10.5 Å². The van der Waals surface area contributed by atoms with Crippen molar-refractivity contribution in [2.75, 3.05) is 12.8 Å². The van der Waals surface area contributed by atoms with E-state index in [-0.39, 0.29) is 0 Å². The maximum atomic E-state index is 5.93. The van der Waals surface area contributed by atoms with Crippen molar-refractivity contribution in [2.24, 2.45) is 0 Å². The van der Waals surface area contributed by atoms with E-state index in [1.807, 2.05) is 25.1 Å². The highest BCUT2D eigenvalue weighted by Gasteiger charge is 2.13. The number of aromatic nitrogens is 4. The Hall–Kier alpha value is -1.99. The fourth-order valence-electron chi connectivity index (χ4n) is 1.77. The first-order valence-corrected chi connectivity index (χ1v) is 6.57. The predicted molar refractivity (Wildman–Crippen MR) is 74.0 cm³/mol. The molecule has 0 saturated carbocycles. The van der Waals surface area contributed by atoms with Crippen molar-refractivity contribution in [2.45, 2.75) is 13.5 Å². The molecule has 2 heterocycles. The summed E-state index contributed by atoms with van der Waals surface area (Å²) in [5.41, 5.74) is 8.74. The summed E-state index contributed by atoms with van der Waals surface area (Å²) in [4.78, 5) is 0.751. The van der Waals surface area contributed by atoms with Gasteiger partial charge in [-0.15, -0.1) is 10.2 Å². The summed E-state index contributed by atoms with van der Waals surface area (Å²) in [5, 5.41) is 13.5. The lowest BCUT2D eigenvalue weighted by molar-refractivity contribution is 0.176. The summed E-state index contributed by atoms with van der Waals surface area (Å²) in [6, 6.07) is 5.92. The minimum Gasteiger partial charge on any atom is -0.398 e. The number of nitrogens with two attached hydrogens (primary N) is 1. The quantitative estimate of drug-likeness (QED) is 0.738. The number of benzene rings is 1. The van der Waals surface area contributed by atoms with Crippen molar-refractivity contribution < 1.29 is 4.74 Å². The van der Waals surface area contributed by atoms with Gasteiger partial charge in [0.15, 0.2) is 5.82 Å². The van der Waals surface area contributed by atoms with Gasteiger partial charge in [-0.3, -0.25) is 0 Å². The molecule has 98 valence electrons. The molecule has 0 aliphatic rings. The van der Waals surface area contributed by atoms with Crippen LogP contribution in [0.25, 0.3) is 15.5 Å². The van der Waals surface area contributed by atoms with Crippen LogP contribution in [0.3, 0.4) is 0 Å². The Labute approximate surface area is 113 Å². The summed E-state index contributed by atoms with van der Waals surface area (Å²) in [5.74, 6) is 0.695. The Bertz CT molecular complexity index is 733. The number of hydrogen-bond donors (Lipinski definition) is 1. The molecule has 2 N–H and O–H groups in total. The van der Waals surface area contributed by atoms with Crippen LogP contribution >= 0.6 is 11.3 Å². The molecule has 0 atom stereocenters. The maximum absolute atomic E-state index is 5.93. The first-order valence-electron chi connectivity index (χ1n) is 5.75. The highest BCUT2D eigenvalue weighted by molar-refractivity contribution is 7.19. The average Bonchev–Trinajstić information content (AvgIpc) is 2.95. The molecule has 3 aromatic rings. The number of methoxy groups -OCH3 is 1. The molecule has 2 aromatic heterocycles. The SMILES string of the molecule is COCc1nnc2sc(-c3ccc(C)c(N)c3)nn12. The first kappa shape index (κ1) is 12.1. The second kappa shape index (κ2) is 4.60. The van der Waals surface area contributed by atoms with E-state index in [9.17, 15) is 0 Å². The number of hydrogen-bond acceptors (Lipinski definition) is 6. The van der Waals surface area contributed by atoms with Gasteiger partial charge in [-0.05, 0) is 18.6 Å². The Morgan fingerprint density at radius 2 is 2.21 bits per heavy atom. The number of rotatable bonds is 3. The second-order valence-corrected chi connectivity index (χ2v) is 5.18. The van der Waals surface area contributed by atoms with Crippen LogP contribution in [0.4, 0.5) is 5.69 Å². The van der Waals surface area contributed by atoms with Crippen LogP contribution in [0.15, 0.2) is 18.2 Å².